The largest absolute Gasteiger partial charge is 0.508 e. The first-order chi connectivity index (χ1) is 11.9. The fraction of sp³-hybridized carbons (Fsp3) is 0.0556. The molecule has 4 amide bonds. The molecule has 3 rings (SSSR count). The Balaban J connectivity index is 2.03. The number of aryl methyl sites for hydroxylation is 1. The molecule has 1 fully saturated rings. The SMILES string of the molecule is Cc1ccc(N2C(=O)NC(=O)/C(=C/c3cccc(O)c3)C2=O)cc1Cl. The molecule has 0 bridgehead atoms. The smallest absolute Gasteiger partial charge is 0.335 e. The Kier molecular flexibility index (Phi) is 4.29. The lowest BCUT2D eigenvalue weighted by Gasteiger charge is -2.26. The molecular formula is C18H13ClN2O4. The zero-order valence-corrected chi connectivity index (χ0v) is 13.9. The van der Waals surface area contributed by atoms with Gasteiger partial charge in [0.15, 0.2) is 0 Å². The summed E-state index contributed by atoms with van der Waals surface area (Å²) in [6.45, 7) is 1.79. The molecule has 0 spiro atoms. The molecule has 7 heteroatoms. The molecule has 2 aromatic carbocycles. The van der Waals surface area contributed by atoms with Gasteiger partial charge in [0.25, 0.3) is 11.8 Å². The maximum atomic E-state index is 12.7. The van der Waals surface area contributed by atoms with Gasteiger partial charge in [0, 0.05) is 5.02 Å². The molecule has 2 N–H and O–H groups in total. The van der Waals surface area contributed by atoms with E-state index >= 15 is 0 Å². The summed E-state index contributed by atoms with van der Waals surface area (Å²) >= 11 is 6.06. The Morgan fingerprint density at radius 2 is 1.88 bits per heavy atom. The summed E-state index contributed by atoms with van der Waals surface area (Å²) in [6.07, 6.45) is 1.31. The van der Waals surface area contributed by atoms with Gasteiger partial charge >= 0.3 is 6.03 Å². The molecule has 1 heterocycles. The van der Waals surface area contributed by atoms with Crippen LogP contribution in [0.5, 0.6) is 5.75 Å². The van der Waals surface area contributed by atoms with Crippen molar-refractivity contribution in [3.63, 3.8) is 0 Å². The Labute approximate surface area is 148 Å². The molecule has 2 aromatic rings. The van der Waals surface area contributed by atoms with Crippen LogP contribution in [0.15, 0.2) is 48.0 Å². The number of nitrogens with zero attached hydrogens (tertiary/aromatic N) is 1. The van der Waals surface area contributed by atoms with E-state index in [1.807, 2.05) is 0 Å². The predicted octanol–water partition coefficient (Wildman–Crippen LogP) is 3.02. The lowest BCUT2D eigenvalue weighted by Crippen LogP contribution is -2.54. The summed E-state index contributed by atoms with van der Waals surface area (Å²) in [6, 6.07) is 9.95. The lowest BCUT2D eigenvalue weighted by molar-refractivity contribution is -0.122. The molecule has 1 saturated heterocycles. The number of phenolic OH excluding ortho intramolecular Hbond substituents is 1. The summed E-state index contributed by atoms with van der Waals surface area (Å²) < 4.78 is 0. The van der Waals surface area contributed by atoms with Crippen LogP contribution in [0.2, 0.25) is 5.02 Å². The summed E-state index contributed by atoms with van der Waals surface area (Å²) in [5.41, 5.74) is 1.28. The standard InChI is InChI=1S/C18H13ClN2O4/c1-10-5-6-12(9-15(10)19)21-17(24)14(16(23)20-18(21)25)8-11-3-2-4-13(22)7-11/h2-9,22H,1H3,(H,20,23,25)/b14-8-. The molecule has 25 heavy (non-hydrogen) atoms. The predicted molar refractivity (Wildman–Crippen MR) is 93.3 cm³/mol. The zero-order chi connectivity index (χ0) is 18.1. The fourth-order valence-electron chi connectivity index (χ4n) is 2.39. The van der Waals surface area contributed by atoms with E-state index < -0.39 is 17.8 Å². The lowest BCUT2D eigenvalue weighted by atomic mass is 10.1. The normalized spacial score (nSPS) is 16.3. The van der Waals surface area contributed by atoms with E-state index in [0.717, 1.165) is 10.5 Å². The molecule has 0 aliphatic carbocycles. The highest BCUT2D eigenvalue weighted by Gasteiger charge is 2.36. The number of phenols is 1. The van der Waals surface area contributed by atoms with E-state index in [0.29, 0.717) is 10.6 Å². The number of aromatic hydroxyl groups is 1. The third kappa shape index (κ3) is 3.25. The van der Waals surface area contributed by atoms with Gasteiger partial charge in [-0.1, -0.05) is 29.8 Å². The van der Waals surface area contributed by atoms with Crippen LogP contribution in [0.1, 0.15) is 11.1 Å². The molecule has 0 atom stereocenters. The van der Waals surface area contributed by atoms with Crippen LogP contribution >= 0.6 is 11.6 Å². The molecule has 0 radical (unpaired) electrons. The van der Waals surface area contributed by atoms with Crippen molar-refractivity contribution in [1.29, 1.82) is 0 Å². The van der Waals surface area contributed by atoms with Crippen LogP contribution in [-0.2, 0) is 9.59 Å². The van der Waals surface area contributed by atoms with E-state index in [2.05, 4.69) is 5.32 Å². The van der Waals surface area contributed by atoms with Gasteiger partial charge in [-0.2, -0.15) is 0 Å². The van der Waals surface area contributed by atoms with Gasteiger partial charge in [0.05, 0.1) is 5.69 Å². The van der Waals surface area contributed by atoms with Gasteiger partial charge in [-0.05, 0) is 48.4 Å². The van der Waals surface area contributed by atoms with E-state index in [4.69, 9.17) is 11.6 Å². The minimum absolute atomic E-state index is 0.00346. The number of hydrogen-bond donors (Lipinski definition) is 2. The third-order valence-electron chi connectivity index (χ3n) is 3.70. The number of rotatable bonds is 2. The zero-order valence-electron chi connectivity index (χ0n) is 13.1. The number of hydrogen-bond acceptors (Lipinski definition) is 4. The van der Waals surface area contributed by atoms with Gasteiger partial charge in [0.2, 0.25) is 0 Å². The molecule has 126 valence electrons. The van der Waals surface area contributed by atoms with Crippen LogP contribution in [0.3, 0.4) is 0 Å². The Bertz CT molecular complexity index is 936. The van der Waals surface area contributed by atoms with Crippen molar-refractivity contribution in [1.82, 2.24) is 5.32 Å². The van der Waals surface area contributed by atoms with Crippen LogP contribution in [0.4, 0.5) is 10.5 Å². The highest BCUT2D eigenvalue weighted by Crippen LogP contribution is 2.27. The average Bonchev–Trinajstić information content (AvgIpc) is 2.55. The first-order valence-electron chi connectivity index (χ1n) is 7.33. The Morgan fingerprint density at radius 3 is 2.56 bits per heavy atom. The fourth-order valence-corrected chi connectivity index (χ4v) is 2.57. The van der Waals surface area contributed by atoms with Crippen molar-refractivity contribution in [3.05, 3.63) is 64.2 Å². The second kappa shape index (κ2) is 6.41. The highest BCUT2D eigenvalue weighted by molar-refractivity contribution is 6.39. The first-order valence-corrected chi connectivity index (χ1v) is 7.71. The van der Waals surface area contributed by atoms with E-state index in [1.54, 1.807) is 31.2 Å². The van der Waals surface area contributed by atoms with Gasteiger partial charge < -0.3 is 5.11 Å². The number of barbiturate groups is 1. The molecule has 0 unspecified atom stereocenters. The van der Waals surface area contributed by atoms with Crippen molar-refractivity contribution in [2.24, 2.45) is 0 Å². The number of halogens is 1. The van der Waals surface area contributed by atoms with E-state index in [9.17, 15) is 19.5 Å². The number of amides is 4. The van der Waals surface area contributed by atoms with Crippen LogP contribution in [0.25, 0.3) is 6.08 Å². The molecule has 1 aliphatic heterocycles. The van der Waals surface area contributed by atoms with Crippen molar-refractivity contribution in [2.75, 3.05) is 4.90 Å². The average molecular weight is 357 g/mol. The third-order valence-corrected chi connectivity index (χ3v) is 4.10. The van der Waals surface area contributed by atoms with Crippen LogP contribution < -0.4 is 10.2 Å². The van der Waals surface area contributed by atoms with E-state index in [-0.39, 0.29) is 17.0 Å². The molecular weight excluding hydrogens is 344 g/mol. The maximum Gasteiger partial charge on any atom is 0.335 e. The number of benzene rings is 2. The minimum Gasteiger partial charge on any atom is -0.508 e. The second-order valence-electron chi connectivity index (χ2n) is 5.49. The topological polar surface area (TPSA) is 86.7 Å². The molecule has 0 saturated carbocycles. The van der Waals surface area contributed by atoms with Gasteiger partial charge in [-0.3, -0.25) is 14.9 Å². The van der Waals surface area contributed by atoms with Gasteiger partial charge in [-0.25, -0.2) is 9.69 Å². The van der Waals surface area contributed by atoms with Crippen LogP contribution in [-0.4, -0.2) is 23.0 Å². The molecule has 0 aromatic heterocycles. The minimum atomic E-state index is -0.844. The Hall–Kier alpha value is -3.12. The quantitative estimate of drug-likeness (QED) is 0.639. The maximum absolute atomic E-state index is 12.7. The molecule has 1 aliphatic rings. The number of imide groups is 2. The highest BCUT2D eigenvalue weighted by atomic mass is 35.5. The van der Waals surface area contributed by atoms with Crippen LogP contribution in [0, 0.1) is 6.92 Å². The van der Waals surface area contributed by atoms with Crippen molar-refractivity contribution < 1.29 is 19.5 Å². The summed E-state index contributed by atoms with van der Waals surface area (Å²) in [5, 5.41) is 12.0. The second-order valence-corrected chi connectivity index (χ2v) is 5.89. The number of carbonyl (C=O) groups is 3. The summed E-state index contributed by atoms with van der Waals surface area (Å²) in [4.78, 5) is 37.7. The number of carbonyl (C=O) groups excluding carboxylic acids is 3. The summed E-state index contributed by atoms with van der Waals surface area (Å²) in [7, 11) is 0. The number of urea groups is 1. The first kappa shape index (κ1) is 16.7. The van der Waals surface area contributed by atoms with Gasteiger partial charge in [0.1, 0.15) is 11.3 Å². The number of anilines is 1. The number of nitrogens with one attached hydrogen (secondary N) is 1. The molecule has 6 nitrogen and oxygen atoms in total. The monoisotopic (exact) mass is 356 g/mol. The Morgan fingerprint density at radius 1 is 1.12 bits per heavy atom. The van der Waals surface area contributed by atoms with Crippen molar-refractivity contribution in [2.45, 2.75) is 6.92 Å². The summed E-state index contributed by atoms with van der Waals surface area (Å²) in [5.74, 6) is -1.57. The van der Waals surface area contributed by atoms with E-state index in [1.165, 1.54) is 24.3 Å². The van der Waals surface area contributed by atoms with Crippen molar-refractivity contribution in [3.8, 4) is 5.75 Å². The van der Waals surface area contributed by atoms with Gasteiger partial charge in [-0.15, -0.1) is 0 Å². The van der Waals surface area contributed by atoms with Crippen molar-refractivity contribution >= 4 is 41.2 Å².